The first kappa shape index (κ1) is 17.7. The van der Waals surface area contributed by atoms with Crippen LogP contribution >= 0.6 is 0 Å². The molecular weight excluding hydrogens is 336 g/mol. The van der Waals surface area contributed by atoms with Gasteiger partial charge in [-0.05, 0) is 24.5 Å². The van der Waals surface area contributed by atoms with Crippen molar-refractivity contribution in [2.45, 2.75) is 6.42 Å². The summed E-state index contributed by atoms with van der Waals surface area (Å²) in [5, 5.41) is 14.3. The van der Waals surface area contributed by atoms with Crippen molar-refractivity contribution in [1.82, 2.24) is 4.98 Å². The summed E-state index contributed by atoms with van der Waals surface area (Å²) in [5.74, 6) is -0.126. The van der Waals surface area contributed by atoms with Crippen molar-refractivity contribution >= 4 is 23.2 Å². The lowest BCUT2D eigenvalue weighted by Gasteiger charge is -2.18. The van der Waals surface area contributed by atoms with Gasteiger partial charge in [0.1, 0.15) is 0 Å². The number of ether oxygens (including phenoxy) is 1. The monoisotopic (exact) mass is 356 g/mol. The molecule has 1 aromatic carbocycles. The summed E-state index contributed by atoms with van der Waals surface area (Å²) in [6, 6.07) is 11.4. The van der Waals surface area contributed by atoms with Crippen LogP contribution in [0.1, 0.15) is 16.8 Å². The fourth-order valence-electron chi connectivity index (χ4n) is 3.07. The number of nitro groups is 1. The van der Waals surface area contributed by atoms with Gasteiger partial charge in [-0.1, -0.05) is 18.2 Å². The van der Waals surface area contributed by atoms with E-state index in [1.807, 2.05) is 18.2 Å². The Labute approximate surface area is 150 Å². The summed E-state index contributed by atoms with van der Waals surface area (Å²) in [7, 11) is 1.22. The molecule has 0 bridgehead atoms. The normalized spacial score (nSPS) is 16.3. The van der Waals surface area contributed by atoms with Gasteiger partial charge in [0.05, 0.1) is 17.6 Å². The SMILES string of the molecule is COC(=O)c1cnc(NCC2CCN(c3ccccc3)C2)c([N+](=O)[O-])c1. The summed E-state index contributed by atoms with van der Waals surface area (Å²) in [4.78, 5) is 28.6. The number of carbonyl (C=O) groups excluding carboxylic acids is 1. The van der Waals surface area contributed by atoms with E-state index in [9.17, 15) is 14.9 Å². The maximum atomic E-state index is 11.5. The molecular formula is C18H20N4O4. The molecule has 1 aliphatic heterocycles. The van der Waals surface area contributed by atoms with Crippen molar-refractivity contribution in [3.8, 4) is 0 Å². The predicted molar refractivity (Wildman–Crippen MR) is 97.5 cm³/mol. The van der Waals surface area contributed by atoms with Crippen LogP contribution in [-0.2, 0) is 4.74 Å². The third kappa shape index (κ3) is 3.90. The van der Waals surface area contributed by atoms with Crippen LogP contribution < -0.4 is 10.2 Å². The highest BCUT2D eigenvalue weighted by Gasteiger charge is 2.24. The van der Waals surface area contributed by atoms with Gasteiger partial charge in [-0.25, -0.2) is 9.78 Å². The molecule has 8 heteroatoms. The molecule has 26 heavy (non-hydrogen) atoms. The van der Waals surface area contributed by atoms with Crippen LogP contribution in [0.3, 0.4) is 0 Å². The fourth-order valence-corrected chi connectivity index (χ4v) is 3.07. The molecule has 8 nitrogen and oxygen atoms in total. The molecule has 136 valence electrons. The van der Waals surface area contributed by atoms with Crippen LogP contribution in [0.4, 0.5) is 17.2 Å². The molecule has 0 amide bonds. The number of anilines is 2. The van der Waals surface area contributed by atoms with E-state index in [2.05, 4.69) is 32.1 Å². The van der Waals surface area contributed by atoms with Gasteiger partial charge in [-0.3, -0.25) is 10.1 Å². The van der Waals surface area contributed by atoms with E-state index in [0.29, 0.717) is 12.5 Å². The second kappa shape index (κ2) is 7.81. The maximum absolute atomic E-state index is 11.5. The second-order valence-corrected chi connectivity index (χ2v) is 6.16. The number of carbonyl (C=O) groups is 1. The van der Waals surface area contributed by atoms with Gasteiger partial charge in [0.25, 0.3) is 0 Å². The molecule has 1 N–H and O–H groups in total. The van der Waals surface area contributed by atoms with E-state index < -0.39 is 10.9 Å². The lowest BCUT2D eigenvalue weighted by molar-refractivity contribution is -0.384. The molecule has 1 aromatic heterocycles. The first-order valence-electron chi connectivity index (χ1n) is 8.35. The van der Waals surface area contributed by atoms with Gasteiger partial charge in [-0.15, -0.1) is 0 Å². The van der Waals surface area contributed by atoms with E-state index in [4.69, 9.17) is 0 Å². The number of rotatable bonds is 6. The maximum Gasteiger partial charge on any atom is 0.339 e. The van der Waals surface area contributed by atoms with Crippen molar-refractivity contribution in [3.63, 3.8) is 0 Å². The number of hydrogen-bond donors (Lipinski definition) is 1. The van der Waals surface area contributed by atoms with Gasteiger partial charge < -0.3 is 15.0 Å². The first-order chi connectivity index (χ1) is 12.6. The van der Waals surface area contributed by atoms with Gasteiger partial charge in [-0.2, -0.15) is 0 Å². The van der Waals surface area contributed by atoms with Crippen LogP contribution in [0, 0.1) is 16.0 Å². The molecule has 0 spiro atoms. The zero-order valence-corrected chi connectivity index (χ0v) is 14.4. The molecule has 1 atom stereocenters. The summed E-state index contributed by atoms with van der Waals surface area (Å²) in [5.41, 5.74) is 1.01. The second-order valence-electron chi connectivity index (χ2n) is 6.16. The van der Waals surface area contributed by atoms with Crippen LogP contribution in [-0.4, -0.2) is 42.6 Å². The Kier molecular flexibility index (Phi) is 5.31. The first-order valence-corrected chi connectivity index (χ1v) is 8.35. The Balaban J connectivity index is 1.64. The van der Waals surface area contributed by atoms with E-state index in [-0.39, 0.29) is 17.1 Å². The molecule has 2 heterocycles. The van der Waals surface area contributed by atoms with Crippen LogP contribution in [0.15, 0.2) is 42.6 Å². The zero-order valence-electron chi connectivity index (χ0n) is 14.4. The van der Waals surface area contributed by atoms with Crippen molar-refractivity contribution in [2.24, 2.45) is 5.92 Å². The van der Waals surface area contributed by atoms with Crippen molar-refractivity contribution in [2.75, 3.05) is 37.0 Å². The molecule has 1 unspecified atom stereocenters. The Morgan fingerprint density at radius 2 is 2.19 bits per heavy atom. The van der Waals surface area contributed by atoms with Crippen molar-refractivity contribution in [1.29, 1.82) is 0 Å². The van der Waals surface area contributed by atoms with E-state index in [1.165, 1.54) is 25.1 Å². The highest BCUT2D eigenvalue weighted by Crippen LogP contribution is 2.26. The topological polar surface area (TPSA) is 97.6 Å². The summed E-state index contributed by atoms with van der Waals surface area (Å²) in [6.07, 6.45) is 2.28. The largest absolute Gasteiger partial charge is 0.465 e. The fraction of sp³-hybridized carbons (Fsp3) is 0.333. The number of nitrogens with zero attached hydrogens (tertiary/aromatic N) is 3. The molecule has 2 aromatic rings. The number of pyridine rings is 1. The molecule has 3 rings (SSSR count). The number of hydrogen-bond acceptors (Lipinski definition) is 7. The Hall–Kier alpha value is -3.16. The van der Waals surface area contributed by atoms with Crippen LogP contribution in [0.2, 0.25) is 0 Å². The lowest BCUT2D eigenvalue weighted by atomic mass is 10.1. The third-order valence-corrected chi connectivity index (χ3v) is 4.45. The summed E-state index contributed by atoms with van der Waals surface area (Å²) in [6.45, 7) is 2.41. The van der Waals surface area contributed by atoms with Gasteiger partial charge in [0.2, 0.25) is 5.82 Å². The number of nitrogens with one attached hydrogen (secondary N) is 1. The summed E-state index contributed by atoms with van der Waals surface area (Å²) < 4.78 is 4.58. The molecule has 1 aliphatic rings. The Morgan fingerprint density at radius 1 is 1.42 bits per heavy atom. The lowest BCUT2D eigenvalue weighted by Crippen LogP contribution is -2.22. The minimum absolute atomic E-state index is 0.0564. The summed E-state index contributed by atoms with van der Waals surface area (Å²) >= 11 is 0. The minimum atomic E-state index is -0.651. The number of esters is 1. The smallest absolute Gasteiger partial charge is 0.339 e. The van der Waals surface area contributed by atoms with Crippen LogP contribution in [0.5, 0.6) is 0 Å². The molecule has 0 saturated carbocycles. The average Bonchev–Trinajstić information content (AvgIpc) is 3.15. The van der Waals surface area contributed by atoms with Crippen molar-refractivity contribution < 1.29 is 14.5 Å². The standard InChI is InChI=1S/C18H20N4O4/c1-26-18(23)14-9-16(22(24)25)17(20-11-14)19-10-13-7-8-21(12-13)15-5-3-2-4-6-15/h2-6,9,11,13H,7-8,10,12H2,1H3,(H,19,20). The zero-order chi connectivity index (χ0) is 18.5. The van der Waals surface area contributed by atoms with E-state index >= 15 is 0 Å². The molecule has 0 aliphatic carbocycles. The molecule has 0 radical (unpaired) electrons. The highest BCUT2D eigenvalue weighted by molar-refractivity contribution is 5.90. The quantitative estimate of drug-likeness (QED) is 0.483. The predicted octanol–water partition coefficient (Wildman–Crippen LogP) is 2.71. The van der Waals surface area contributed by atoms with Crippen LogP contribution in [0.25, 0.3) is 0 Å². The van der Waals surface area contributed by atoms with Gasteiger partial charge in [0, 0.05) is 37.6 Å². The Morgan fingerprint density at radius 3 is 2.88 bits per heavy atom. The Bertz CT molecular complexity index is 797. The molecule has 1 fully saturated rings. The minimum Gasteiger partial charge on any atom is -0.465 e. The number of para-hydroxylation sites is 1. The van der Waals surface area contributed by atoms with Gasteiger partial charge in [0.15, 0.2) is 0 Å². The number of aromatic nitrogens is 1. The van der Waals surface area contributed by atoms with Gasteiger partial charge >= 0.3 is 11.7 Å². The van der Waals surface area contributed by atoms with E-state index in [1.54, 1.807) is 0 Å². The number of benzene rings is 1. The highest BCUT2D eigenvalue weighted by atomic mass is 16.6. The van der Waals surface area contributed by atoms with Crippen molar-refractivity contribution in [3.05, 3.63) is 58.3 Å². The average molecular weight is 356 g/mol. The molecule has 1 saturated heterocycles. The number of methoxy groups -OCH3 is 1. The third-order valence-electron chi connectivity index (χ3n) is 4.45. The van der Waals surface area contributed by atoms with E-state index in [0.717, 1.165) is 19.5 Å².